The molecule has 3 rings (SSSR count). The van der Waals surface area contributed by atoms with Gasteiger partial charge < -0.3 is 4.74 Å². The lowest BCUT2D eigenvalue weighted by Crippen LogP contribution is -2.25. The molecule has 1 heteroatoms. The van der Waals surface area contributed by atoms with E-state index in [0.29, 0.717) is 0 Å². The summed E-state index contributed by atoms with van der Waals surface area (Å²) in [4.78, 5) is 0. The Kier molecular flexibility index (Phi) is 5.80. The van der Waals surface area contributed by atoms with Gasteiger partial charge in [0, 0.05) is 0 Å². The molecule has 0 saturated heterocycles. The van der Waals surface area contributed by atoms with Crippen molar-refractivity contribution in [2.24, 2.45) is 17.8 Å². The molecule has 0 amide bonds. The van der Waals surface area contributed by atoms with Gasteiger partial charge in [-0.05, 0) is 99.7 Å². The first-order valence-corrected chi connectivity index (χ1v) is 9.65. The maximum atomic E-state index is 5.56. The third-order valence-corrected chi connectivity index (χ3v) is 6.25. The Balaban J connectivity index is 1.49. The number of benzene rings is 1. The van der Waals surface area contributed by atoms with E-state index in [4.69, 9.17) is 4.74 Å². The van der Waals surface area contributed by atoms with Crippen LogP contribution >= 0.6 is 0 Å². The zero-order chi connectivity index (χ0) is 16.1. The molecule has 1 aromatic rings. The second-order valence-corrected chi connectivity index (χ2v) is 7.52. The Morgan fingerprint density at radius 1 is 0.913 bits per heavy atom. The summed E-state index contributed by atoms with van der Waals surface area (Å²) in [5, 5.41) is 0. The van der Waals surface area contributed by atoms with Crippen LogP contribution in [0.25, 0.3) is 0 Å². The van der Waals surface area contributed by atoms with E-state index < -0.39 is 0 Å². The summed E-state index contributed by atoms with van der Waals surface area (Å²) in [7, 11) is 0. The van der Waals surface area contributed by atoms with Crippen molar-refractivity contribution in [2.45, 2.75) is 64.2 Å². The van der Waals surface area contributed by atoms with E-state index in [0.717, 1.165) is 36.0 Å². The fraction of sp³-hybridized carbons (Fsp3) is 0.636. The average Bonchev–Trinajstić information content (AvgIpc) is 2.63. The molecule has 0 atom stereocenters. The van der Waals surface area contributed by atoms with Crippen LogP contribution in [0.3, 0.4) is 0 Å². The second-order valence-electron chi connectivity index (χ2n) is 7.52. The quantitative estimate of drug-likeness (QED) is 0.575. The summed E-state index contributed by atoms with van der Waals surface area (Å²) in [6, 6.07) is 8.85. The van der Waals surface area contributed by atoms with Crippen molar-refractivity contribution >= 4 is 0 Å². The van der Waals surface area contributed by atoms with E-state index >= 15 is 0 Å². The topological polar surface area (TPSA) is 9.23 Å². The number of hydrogen-bond acceptors (Lipinski definition) is 1. The van der Waals surface area contributed by atoms with Gasteiger partial charge in [-0.25, -0.2) is 0 Å². The van der Waals surface area contributed by atoms with Crippen LogP contribution < -0.4 is 4.74 Å². The van der Waals surface area contributed by atoms with E-state index in [1.54, 1.807) is 0 Å². The molecule has 1 nitrogen and oxygen atoms in total. The highest BCUT2D eigenvalue weighted by molar-refractivity contribution is 5.29. The normalized spacial score (nSPS) is 31.5. The van der Waals surface area contributed by atoms with Gasteiger partial charge in [-0.15, -0.1) is 6.58 Å². The number of rotatable bonds is 5. The van der Waals surface area contributed by atoms with Gasteiger partial charge in [0.05, 0.1) is 6.61 Å². The molecular formula is C22H32O. The molecule has 2 fully saturated rings. The third-order valence-electron chi connectivity index (χ3n) is 6.25. The fourth-order valence-electron chi connectivity index (χ4n) is 4.78. The summed E-state index contributed by atoms with van der Waals surface area (Å²) < 4.78 is 5.56. The highest BCUT2D eigenvalue weighted by Gasteiger charge is 2.30. The highest BCUT2D eigenvalue weighted by atomic mass is 16.5. The Labute approximate surface area is 142 Å². The molecule has 126 valence electrons. The van der Waals surface area contributed by atoms with Crippen molar-refractivity contribution in [3.8, 4) is 5.75 Å². The Morgan fingerprint density at radius 2 is 1.48 bits per heavy atom. The van der Waals surface area contributed by atoms with Crippen LogP contribution in [0.4, 0.5) is 0 Å². The van der Waals surface area contributed by atoms with Crippen molar-refractivity contribution in [2.75, 3.05) is 6.61 Å². The lowest BCUT2D eigenvalue weighted by molar-refractivity contribution is 0.171. The Morgan fingerprint density at radius 3 is 2.00 bits per heavy atom. The van der Waals surface area contributed by atoms with Crippen LogP contribution in [-0.4, -0.2) is 6.61 Å². The monoisotopic (exact) mass is 312 g/mol. The summed E-state index contributed by atoms with van der Waals surface area (Å²) in [5.74, 6) is 4.55. The predicted octanol–water partition coefficient (Wildman–Crippen LogP) is 6.35. The molecule has 1 aromatic carbocycles. The molecule has 2 aliphatic rings. The molecule has 0 aliphatic heterocycles. The first-order valence-electron chi connectivity index (χ1n) is 9.65. The Bertz CT molecular complexity index is 473. The molecule has 0 heterocycles. The Hall–Kier alpha value is -1.24. The maximum Gasteiger partial charge on any atom is 0.119 e. The summed E-state index contributed by atoms with van der Waals surface area (Å²) in [6.07, 6.45) is 13.4. The van der Waals surface area contributed by atoms with Crippen molar-refractivity contribution in [3.05, 3.63) is 42.5 Å². The number of hydrogen-bond donors (Lipinski definition) is 0. The van der Waals surface area contributed by atoms with Gasteiger partial charge in [0.2, 0.25) is 0 Å². The number of allylic oxidation sites excluding steroid dienone is 1. The minimum Gasteiger partial charge on any atom is -0.494 e. The van der Waals surface area contributed by atoms with Crippen LogP contribution in [0.5, 0.6) is 5.75 Å². The SMILES string of the molecule is C=CC1CCC(C2CCC(c3ccc(OCC)cc3)CC2)CC1. The third kappa shape index (κ3) is 4.19. The largest absolute Gasteiger partial charge is 0.494 e. The molecule has 0 bridgehead atoms. The van der Waals surface area contributed by atoms with E-state index in [9.17, 15) is 0 Å². The maximum absolute atomic E-state index is 5.56. The molecule has 0 spiro atoms. The van der Waals surface area contributed by atoms with E-state index in [2.05, 4.69) is 36.9 Å². The van der Waals surface area contributed by atoms with Crippen molar-refractivity contribution in [1.82, 2.24) is 0 Å². The van der Waals surface area contributed by atoms with Crippen LogP contribution in [0.1, 0.15) is 69.8 Å². The van der Waals surface area contributed by atoms with Gasteiger partial charge in [-0.1, -0.05) is 18.2 Å². The average molecular weight is 312 g/mol. The van der Waals surface area contributed by atoms with Gasteiger partial charge in [-0.3, -0.25) is 0 Å². The lowest BCUT2D eigenvalue weighted by Gasteiger charge is -2.37. The summed E-state index contributed by atoms with van der Waals surface area (Å²) in [6.45, 7) is 6.76. The second kappa shape index (κ2) is 8.04. The van der Waals surface area contributed by atoms with Gasteiger partial charge >= 0.3 is 0 Å². The molecule has 0 aromatic heterocycles. The van der Waals surface area contributed by atoms with E-state index in [-0.39, 0.29) is 0 Å². The minimum atomic E-state index is 0.749. The molecule has 2 aliphatic carbocycles. The van der Waals surface area contributed by atoms with Gasteiger partial charge in [0.25, 0.3) is 0 Å². The van der Waals surface area contributed by atoms with Crippen LogP contribution in [0.2, 0.25) is 0 Å². The molecular weight excluding hydrogens is 280 g/mol. The standard InChI is InChI=1S/C22H32O/c1-3-17-5-7-18(8-6-17)19-9-11-20(12-10-19)21-13-15-22(16-14-21)23-4-2/h3,13-20H,1,4-12H2,2H3. The van der Waals surface area contributed by atoms with Gasteiger partial charge in [0.1, 0.15) is 5.75 Å². The highest BCUT2D eigenvalue weighted by Crippen LogP contribution is 2.44. The predicted molar refractivity (Wildman–Crippen MR) is 98.0 cm³/mol. The first kappa shape index (κ1) is 16.6. The zero-order valence-corrected chi connectivity index (χ0v) is 14.7. The van der Waals surface area contributed by atoms with Crippen molar-refractivity contribution in [3.63, 3.8) is 0 Å². The first-order chi connectivity index (χ1) is 11.3. The molecule has 23 heavy (non-hydrogen) atoms. The van der Waals surface area contributed by atoms with Crippen molar-refractivity contribution < 1.29 is 4.74 Å². The van der Waals surface area contributed by atoms with Gasteiger partial charge in [0.15, 0.2) is 0 Å². The molecule has 0 unspecified atom stereocenters. The van der Waals surface area contributed by atoms with Crippen LogP contribution in [-0.2, 0) is 0 Å². The fourth-order valence-corrected chi connectivity index (χ4v) is 4.78. The zero-order valence-electron chi connectivity index (χ0n) is 14.7. The van der Waals surface area contributed by atoms with E-state index in [1.165, 1.54) is 56.9 Å². The van der Waals surface area contributed by atoms with Gasteiger partial charge in [-0.2, -0.15) is 0 Å². The van der Waals surface area contributed by atoms with Crippen LogP contribution in [0.15, 0.2) is 36.9 Å². The number of ether oxygens (including phenoxy) is 1. The van der Waals surface area contributed by atoms with Crippen LogP contribution in [0, 0.1) is 17.8 Å². The molecule has 0 N–H and O–H groups in total. The van der Waals surface area contributed by atoms with E-state index in [1.807, 2.05) is 6.92 Å². The summed E-state index contributed by atoms with van der Waals surface area (Å²) in [5.41, 5.74) is 1.52. The summed E-state index contributed by atoms with van der Waals surface area (Å²) >= 11 is 0. The molecule has 2 saturated carbocycles. The van der Waals surface area contributed by atoms with Crippen molar-refractivity contribution in [1.29, 1.82) is 0 Å². The minimum absolute atomic E-state index is 0.749. The lowest BCUT2D eigenvalue weighted by atomic mass is 9.68. The molecule has 0 radical (unpaired) electrons. The smallest absolute Gasteiger partial charge is 0.119 e.